The molecule has 1 aromatic heterocycles. The predicted octanol–water partition coefficient (Wildman–Crippen LogP) is 2.21. The number of nitrogens with one attached hydrogen (secondary N) is 1. The number of aromatic nitrogens is 2. The van der Waals surface area contributed by atoms with Crippen LogP contribution in [0.3, 0.4) is 0 Å². The Kier molecular flexibility index (Phi) is 1.98. The van der Waals surface area contributed by atoms with Crippen LogP contribution in [0.1, 0.15) is 25.1 Å². The van der Waals surface area contributed by atoms with E-state index in [1.807, 2.05) is 0 Å². The zero-order chi connectivity index (χ0) is 12.0. The second kappa shape index (κ2) is 3.29. The van der Waals surface area contributed by atoms with Gasteiger partial charge in [-0.2, -0.15) is 0 Å². The Morgan fingerprint density at radius 1 is 1.47 bits per heavy atom. The summed E-state index contributed by atoms with van der Waals surface area (Å²) < 4.78 is 13.0. The second-order valence-electron chi connectivity index (χ2n) is 4.49. The summed E-state index contributed by atoms with van der Waals surface area (Å²) in [7, 11) is 0. The van der Waals surface area contributed by atoms with Crippen LogP contribution in [0.15, 0.2) is 18.2 Å². The molecule has 0 unspecified atom stereocenters. The van der Waals surface area contributed by atoms with E-state index in [1.165, 1.54) is 12.1 Å². The van der Waals surface area contributed by atoms with Crippen molar-refractivity contribution in [1.29, 1.82) is 0 Å². The maximum Gasteiger partial charge on any atom is 0.317 e. The number of aromatic amines is 1. The summed E-state index contributed by atoms with van der Waals surface area (Å²) in [6.45, 7) is 0. The van der Waals surface area contributed by atoms with E-state index in [0.717, 1.165) is 6.42 Å². The van der Waals surface area contributed by atoms with Crippen molar-refractivity contribution in [2.24, 2.45) is 0 Å². The summed E-state index contributed by atoms with van der Waals surface area (Å²) >= 11 is 0. The van der Waals surface area contributed by atoms with Gasteiger partial charge in [0, 0.05) is 0 Å². The van der Waals surface area contributed by atoms with Gasteiger partial charge in [0.2, 0.25) is 0 Å². The fourth-order valence-electron chi connectivity index (χ4n) is 2.29. The molecule has 1 heterocycles. The number of benzene rings is 1. The highest BCUT2D eigenvalue weighted by Gasteiger charge is 2.48. The molecule has 1 aliphatic rings. The first-order chi connectivity index (χ1) is 8.12. The average Bonchev–Trinajstić information content (AvgIpc) is 2.57. The van der Waals surface area contributed by atoms with E-state index in [-0.39, 0.29) is 5.82 Å². The largest absolute Gasteiger partial charge is 0.480 e. The van der Waals surface area contributed by atoms with Crippen LogP contribution in [0.2, 0.25) is 0 Å². The number of nitrogens with zero attached hydrogens (tertiary/aromatic N) is 1. The quantitative estimate of drug-likeness (QED) is 0.837. The molecule has 1 fully saturated rings. The molecule has 2 aromatic rings. The minimum Gasteiger partial charge on any atom is -0.480 e. The standard InChI is InChI=1S/C12H11FN2O2/c13-7-2-3-8-9(6-7)15-10(14-8)12(11(16)17)4-1-5-12/h2-3,6H,1,4-5H2,(H,14,15)(H,16,17). The summed E-state index contributed by atoms with van der Waals surface area (Å²) in [4.78, 5) is 18.5. The van der Waals surface area contributed by atoms with E-state index in [0.29, 0.717) is 29.7 Å². The maximum atomic E-state index is 13.0. The number of fused-ring (bicyclic) bond motifs is 1. The van der Waals surface area contributed by atoms with Gasteiger partial charge in [-0.15, -0.1) is 0 Å². The molecule has 0 aliphatic heterocycles. The third-order valence-electron chi connectivity index (χ3n) is 3.51. The summed E-state index contributed by atoms with van der Waals surface area (Å²) in [5.74, 6) is -0.772. The van der Waals surface area contributed by atoms with Gasteiger partial charge in [0.05, 0.1) is 11.0 Å². The minimum absolute atomic E-state index is 0.356. The van der Waals surface area contributed by atoms with Gasteiger partial charge in [0.25, 0.3) is 0 Å². The molecule has 2 N–H and O–H groups in total. The molecule has 17 heavy (non-hydrogen) atoms. The number of rotatable bonds is 2. The summed E-state index contributed by atoms with van der Waals surface area (Å²) in [6.07, 6.45) is 2.06. The first-order valence-corrected chi connectivity index (χ1v) is 5.51. The smallest absolute Gasteiger partial charge is 0.317 e. The number of carboxylic acid groups (broad SMARTS) is 1. The lowest BCUT2D eigenvalue weighted by Gasteiger charge is -2.35. The fraction of sp³-hybridized carbons (Fsp3) is 0.333. The Bertz CT molecular complexity index is 602. The summed E-state index contributed by atoms with van der Waals surface area (Å²) in [5, 5.41) is 9.28. The Morgan fingerprint density at radius 3 is 2.82 bits per heavy atom. The van der Waals surface area contributed by atoms with Crippen molar-refractivity contribution in [2.75, 3.05) is 0 Å². The van der Waals surface area contributed by atoms with Crippen LogP contribution < -0.4 is 0 Å². The van der Waals surface area contributed by atoms with Gasteiger partial charge in [-0.3, -0.25) is 4.79 Å². The van der Waals surface area contributed by atoms with Crippen molar-refractivity contribution in [3.63, 3.8) is 0 Å². The zero-order valence-electron chi connectivity index (χ0n) is 9.03. The average molecular weight is 234 g/mol. The van der Waals surface area contributed by atoms with Crippen LogP contribution in [0.5, 0.6) is 0 Å². The summed E-state index contributed by atoms with van der Waals surface area (Å²) in [6, 6.07) is 4.21. The van der Waals surface area contributed by atoms with Crippen LogP contribution in [-0.4, -0.2) is 21.0 Å². The fourth-order valence-corrected chi connectivity index (χ4v) is 2.29. The molecule has 0 atom stereocenters. The number of imidazole rings is 1. The molecule has 0 amide bonds. The lowest BCUT2D eigenvalue weighted by atomic mass is 9.68. The highest BCUT2D eigenvalue weighted by molar-refractivity contribution is 5.84. The topological polar surface area (TPSA) is 66.0 Å². The SMILES string of the molecule is O=C(O)C1(c2nc3ccc(F)cc3[nH]2)CCC1. The highest BCUT2D eigenvalue weighted by atomic mass is 19.1. The van der Waals surface area contributed by atoms with Crippen molar-refractivity contribution in [3.8, 4) is 0 Å². The van der Waals surface area contributed by atoms with Crippen LogP contribution in [0, 0.1) is 5.82 Å². The summed E-state index contributed by atoms with van der Waals surface area (Å²) in [5.41, 5.74) is 0.261. The number of carbonyl (C=O) groups is 1. The molecular weight excluding hydrogens is 223 g/mol. The first-order valence-electron chi connectivity index (χ1n) is 5.51. The molecule has 3 rings (SSSR count). The molecule has 0 saturated heterocycles. The van der Waals surface area contributed by atoms with E-state index in [4.69, 9.17) is 0 Å². The molecule has 1 aliphatic carbocycles. The van der Waals surface area contributed by atoms with E-state index >= 15 is 0 Å². The van der Waals surface area contributed by atoms with Gasteiger partial charge >= 0.3 is 5.97 Å². The molecule has 0 spiro atoms. The van der Waals surface area contributed by atoms with Gasteiger partial charge in [-0.05, 0) is 31.0 Å². The number of hydrogen-bond donors (Lipinski definition) is 2. The van der Waals surface area contributed by atoms with Crippen molar-refractivity contribution >= 4 is 17.0 Å². The number of carboxylic acids is 1. The normalized spacial score (nSPS) is 17.9. The van der Waals surface area contributed by atoms with Gasteiger partial charge in [0.15, 0.2) is 0 Å². The molecule has 4 nitrogen and oxygen atoms in total. The monoisotopic (exact) mass is 234 g/mol. The Hall–Kier alpha value is -1.91. The Morgan fingerprint density at radius 2 is 2.24 bits per heavy atom. The van der Waals surface area contributed by atoms with Gasteiger partial charge in [-0.25, -0.2) is 9.37 Å². The number of H-pyrrole nitrogens is 1. The molecule has 1 saturated carbocycles. The number of hydrogen-bond acceptors (Lipinski definition) is 2. The molecule has 0 radical (unpaired) electrons. The number of aliphatic carboxylic acids is 1. The first kappa shape index (κ1) is 10.3. The van der Waals surface area contributed by atoms with Crippen LogP contribution in [-0.2, 0) is 10.2 Å². The van der Waals surface area contributed by atoms with Crippen molar-refractivity contribution in [3.05, 3.63) is 29.8 Å². The van der Waals surface area contributed by atoms with Crippen LogP contribution >= 0.6 is 0 Å². The molecule has 88 valence electrons. The molecule has 5 heteroatoms. The lowest BCUT2D eigenvalue weighted by molar-refractivity contribution is -0.147. The molecule has 1 aromatic carbocycles. The minimum atomic E-state index is -0.893. The van der Waals surface area contributed by atoms with Crippen LogP contribution in [0.25, 0.3) is 11.0 Å². The lowest BCUT2D eigenvalue weighted by Crippen LogP contribution is -2.43. The number of halogens is 1. The van der Waals surface area contributed by atoms with Crippen molar-refractivity contribution in [1.82, 2.24) is 9.97 Å². The van der Waals surface area contributed by atoms with E-state index in [1.54, 1.807) is 6.07 Å². The molecule has 0 bridgehead atoms. The maximum absolute atomic E-state index is 13.0. The van der Waals surface area contributed by atoms with Gasteiger partial charge in [0.1, 0.15) is 17.1 Å². The van der Waals surface area contributed by atoms with Crippen LogP contribution in [0.4, 0.5) is 4.39 Å². The van der Waals surface area contributed by atoms with E-state index in [2.05, 4.69) is 9.97 Å². The highest BCUT2D eigenvalue weighted by Crippen LogP contribution is 2.43. The Labute approximate surface area is 96.5 Å². The predicted molar refractivity (Wildman–Crippen MR) is 59.2 cm³/mol. The van der Waals surface area contributed by atoms with E-state index in [9.17, 15) is 14.3 Å². The van der Waals surface area contributed by atoms with Crippen molar-refractivity contribution < 1.29 is 14.3 Å². The third-order valence-corrected chi connectivity index (χ3v) is 3.51. The molecular formula is C12H11FN2O2. The third kappa shape index (κ3) is 1.35. The van der Waals surface area contributed by atoms with E-state index < -0.39 is 11.4 Å². The van der Waals surface area contributed by atoms with Gasteiger partial charge in [-0.1, -0.05) is 6.42 Å². The van der Waals surface area contributed by atoms with Gasteiger partial charge < -0.3 is 10.1 Å². The van der Waals surface area contributed by atoms with Crippen molar-refractivity contribution in [2.45, 2.75) is 24.7 Å². The zero-order valence-corrected chi connectivity index (χ0v) is 9.03. The Balaban J connectivity index is 2.14. The second-order valence-corrected chi connectivity index (χ2v) is 4.49.